The Kier molecular flexibility index (Phi) is 3.72. The summed E-state index contributed by atoms with van der Waals surface area (Å²) in [5.74, 6) is 0.829. The third kappa shape index (κ3) is 2.87. The quantitative estimate of drug-likeness (QED) is 0.736. The zero-order valence-electron chi connectivity index (χ0n) is 14.1. The van der Waals surface area contributed by atoms with Gasteiger partial charge in [-0.2, -0.15) is 10.2 Å². The van der Waals surface area contributed by atoms with Crippen LogP contribution < -0.4 is 9.75 Å². The van der Waals surface area contributed by atoms with E-state index in [2.05, 4.69) is 10.2 Å². The molecule has 0 aliphatic carbocycles. The monoisotopic (exact) mass is 334 g/mol. The number of carbonyl (C=O) groups excluding carboxylic acids is 1. The lowest BCUT2D eigenvalue weighted by atomic mass is 10.2. The summed E-state index contributed by atoms with van der Waals surface area (Å²) >= 11 is 0. The first kappa shape index (κ1) is 15.4. The Bertz CT molecular complexity index is 973. The molecule has 0 radical (unpaired) electrons. The molecule has 6 nitrogen and oxygen atoms in total. The van der Waals surface area contributed by atoms with Crippen molar-refractivity contribution in [3.05, 3.63) is 54.2 Å². The van der Waals surface area contributed by atoms with E-state index in [-0.39, 0.29) is 5.91 Å². The lowest BCUT2D eigenvalue weighted by Gasteiger charge is -2.12. The maximum Gasteiger partial charge on any atom is 0.253 e. The fourth-order valence-corrected chi connectivity index (χ4v) is 2.98. The van der Waals surface area contributed by atoms with E-state index in [0.29, 0.717) is 13.0 Å². The number of amides is 1. The van der Waals surface area contributed by atoms with Crippen LogP contribution in [0, 0.1) is 0 Å². The molecule has 0 unspecified atom stereocenters. The Morgan fingerprint density at radius 2 is 1.96 bits per heavy atom. The minimum Gasteiger partial charge on any atom is -0.497 e. The molecule has 126 valence electrons. The number of carbonyl (C=O) groups is 1. The predicted octanol–water partition coefficient (Wildman–Crippen LogP) is 3.21. The number of aromatic nitrogens is 2. The first-order valence-corrected chi connectivity index (χ1v) is 8.09. The Morgan fingerprint density at radius 1 is 1.16 bits per heavy atom. The number of anilines is 1. The van der Waals surface area contributed by atoms with Gasteiger partial charge in [-0.05, 0) is 42.8 Å². The molecule has 0 spiro atoms. The fraction of sp³-hybridized carbons (Fsp3) is 0.211. The molecular formula is C19H18N4O2. The van der Waals surface area contributed by atoms with E-state index in [4.69, 9.17) is 4.74 Å². The molecule has 25 heavy (non-hydrogen) atoms. The van der Waals surface area contributed by atoms with Crippen LogP contribution in [0.1, 0.15) is 18.9 Å². The van der Waals surface area contributed by atoms with Crippen molar-refractivity contribution in [2.45, 2.75) is 19.9 Å². The SMILES string of the molecule is COc1ccc(Cn2ncc3ccc(N4N=C(C)CC4=O)cc32)cc1. The first-order valence-electron chi connectivity index (χ1n) is 8.09. The van der Waals surface area contributed by atoms with E-state index in [1.165, 1.54) is 5.01 Å². The minimum absolute atomic E-state index is 0.00179. The van der Waals surface area contributed by atoms with Crippen LogP contribution in [0.15, 0.2) is 53.8 Å². The normalized spacial score (nSPS) is 14.2. The second-order valence-corrected chi connectivity index (χ2v) is 6.11. The summed E-state index contributed by atoms with van der Waals surface area (Å²) in [6, 6.07) is 13.8. The van der Waals surface area contributed by atoms with E-state index in [9.17, 15) is 4.79 Å². The summed E-state index contributed by atoms with van der Waals surface area (Å²) in [5.41, 5.74) is 3.70. The predicted molar refractivity (Wildman–Crippen MR) is 97.0 cm³/mol. The van der Waals surface area contributed by atoms with Crippen molar-refractivity contribution >= 4 is 28.2 Å². The molecule has 1 amide bonds. The number of nitrogens with zero attached hydrogens (tertiary/aromatic N) is 4. The lowest BCUT2D eigenvalue weighted by molar-refractivity contribution is -0.116. The molecule has 1 aliphatic heterocycles. The number of hydrogen-bond donors (Lipinski definition) is 0. The summed E-state index contributed by atoms with van der Waals surface area (Å²) in [6.45, 7) is 2.51. The minimum atomic E-state index is -0.00179. The van der Waals surface area contributed by atoms with Gasteiger partial charge in [0.1, 0.15) is 5.75 Å². The molecule has 0 fully saturated rings. The summed E-state index contributed by atoms with van der Waals surface area (Å²) in [4.78, 5) is 12.1. The van der Waals surface area contributed by atoms with E-state index >= 15 is 0 Å². The van der Waals surface area contributed by atoms with Crippen LogP contribution in [0.3, 0.4) is 0 Å². The highest BCUT2D eigenvalue weighted by atomic mass is 16.5. The Labute approximate surface area is 145 Å². The van der Waals surface area contributed by atoms with Crippen LogP contribution in [-0.4, -0.2) is 28.5 Å². The number of ether oxygens (including phenoxy) is 1. The van der Waals surface area contributed by atoms with E-state index in [1.807, 2.05) is 60.3 Å². The molecule has 0 atom stereocenters. The first-order chi connectivity index (χ1) is 12.1. The van der Waals surface area contributed by atoms with Crippen LogP contribution in [0.4, 0.5) is 5.69 Å². The van der Waals surface area contributed by atoms with Gasteiger partial charge in [-0.25, -0.2) is 5.01 Å². The number of fused-ring (bicyclic) bond motifs is 1. The molecular weight excluding hydrogens is 316 g/mol. The van der Waals surface area contributed by atoms with Gasteiger partial charge >= 0.3 is 0 Å². The standard InChI is InChI=1S/C19H18N4O2/c1-13-9-19(24)23(21-13)16-6-5-15-11-20-22(18(15)10-16)12-14-3-7-17(25-2)8-4-14/h3-8,10-11H,9,12H2,1-2H3. The third-order valence-electron chi connectivity index (χ3n) is 4.28. The summed E-state index contributed by atoms with van der Waals surface area (Å²) in [7, 11) is 1.65. The van der Waals surface area contributed by atoms with E-state index in [1.54, 1.807) is 7.11 Å². The van der Waals surface area contributed by atoms with Crippen LogP contribution in [-0.2, 0) is 11.3 Å². The average molecular weight is 334 g/mol. The Morgan fingerprint density at radius 3 is 2.64 bits per heavy atom. The zero-order valence-corrected chi connectivity index (χ0v) is 14.1. The van der Waals surface area contributed by atoms with Crippen molar-refractivity contribution in [2.75, 3.05) is 12.1 Å². The molecule has 1 aromatic heterocycles. The largest absolute Gasteiger partial charge is 0.497 e. The van der Waals surface area contributed by atoms with Crippen molar-refractivity contribution < 1.29 is 9.53 Å². The van der Waals surface area contributed by atoms with Gasteiger partial charge in [0.05, 0.1) is 37.5 Å². The highest BCUT2D eigenvalue weighted by Crippen LogP contribution is 2.26. The van der Waals surface area contributed by atoms with Gasteiger partial charge < -0.3 is 4.74 Å². The number of hydrogen-bond acceptors (Lipinski definition) is 4. The summed E-state index contributed by atoms with van der Waals surface area (Å²) in [5, 5.41) is 11.3. The molecule has 0 saturated heterocycles. The molecule has 2 aromatic carbocycles. The van der Waals surface area contributed by atoms with Crippen molar-refractivity contribution in [2.24, 2.45) is 5.10 Å². The molecule has 3 aromatic rings. The zero-order chi connectivity index (χ0) is 17.4. The van der Waals surface area contributed by atoms with Gasteiger partial charge in [0.15, 0.2) is 0 Å². The van der Waals surface area contributed by atoms with Crippen LogP contribution in [0.5, 0.6) is 5.75 Å². The summed E-state index contributed by atoms with van der Waals surface area (Å²) in [6.07, 6.45) is 2.21. The number of methoxy groups -OCH3 is 1. The van der Waals surface area contributed by atoms with Crippen LogP contribution in [0.2, 0.25) is 0 Å². The van der Waals surface area contributed by atoms with Crippen molar-refractivity contribution in [1.82, 2.24) is 9.78 Å². The van der Waals surface area contributed by atoms with E-state index in [0.717, 1.165) is 33.6 Å². The molecule has 0 bridgehead atoms. The van der Waals surface area contributed by atoms with Gasteiger partial charge in [0.25, 0.3) is 5.91 Å². The van der Waals surface area contributed by atoms with Gasteiger partial charge in [0, 0.05) is 11.1 Å². The van der Waals surface area contributed by atoms with Crippen molar-refractivity contribution in [3.8, 4) is 5.75 Å². The maximum atomic E-state index is 12.1. The number of hydrazone groups is 1. The van der Waals surface area contributed by atoms with Crippen molar-refractivity contribution in [1.29, 1.82) is 0 Å². The lowest BCUT2D eigenvalue weighted by Crippen LogP contribution is -2.19. The maximum absolute atomic E-state index is 12.1. The molecule has 2 heterocycles. The van der Waals surface area contributed by atoms with Gasteiger partial charge in [-0.1, -0.05) is 12.1 Å². The molecule has 1 aliphatic rings. The average Bonchev–Trinajstić information content (AvgIpc) is 3.18. The summed E-state index contributed by atoms with van der Waals surface area (Å²) < 4.78 is 7.12. The highest BCUT2D eigenvalue weighted by Gasteiger charge is 2.23. The molecule has 0 saturated carbocycles. The molecule has 6 heteroatoms. The smallest absolute Gasteiger partial charge is 0.253 e. The number of rotatable bonds is 4. The van der Waals surface area contributed by atoms with E-state index < -0.39 is 0 Å². The third-order valence-corrected chi connectivity index (χ3v) is 4.28. The van der Waals surface area contributed by atoms with Crippen LogP contribution in [0.25, 0.3) is 10.9 Å². The highest BCUT2D eigenvalue weighted by molar-refractivity contribution is 6.12. The topological polar surface area (TPSA) is 59.7 Å². The second kappa shape index (κ2) is 6.05. The van der Waals surface area contributed by atoms with Gasteiger partial charge in [0.2, 0.25) is 0 Å². The number of benzene rings is 2. The van der Waals surface area contributed by atoms with Gasteiger partial charge in [-0.15, -0.1) is 0 Å². The molecule has 0 N–H and O–H groups in total. The van der Waals surface area contributed by atoms with Gasteiger partial charge in [-0.3, -0.25) is 9.48 Å². The fourth-order valence-electron chi connectivity index (χ4n) is 2.98. The Hall–Kier alpha value is -3.15. The van der Waals surface area contributed by atoms with Crippen molar-refractivity contribution in [3.63, 3.8) is 0 Å². The van der Waals surface area contributed by atoms with Crippen LogP contribution >= 0.6 is 0 Å². The second-order valence-electron chi connectivity index (χ2n) is 6.11. The molecule has 4 rings (SSSR count). The Balaban J connectivity index is 1.67.